The fourth-order valence-corrected chi connectivity index (χ4v) is 2.25. The van der Waals surface area contributed by atoms with Gasteiger partial charge in [0.1, 0.15) is 9.84 Å². The molecule has 1 atom stereocenters. The van der Waals surface area contributed by atoms with Crippen molar-refractivity contribution in [3.05, 3.63) is 0 Å². The lowest BCUT2D eigenvalue weighted by Gasteiger charge is -2.10. The van der Waals surface area contributed by atoms with E-state index in [1.54, 1.807) is 0 Å². The van der Waals surface area contributed by atoms with Gasteiger partial charge in [-0.25, -0.2) is 8.42 Å². The van der Waals surface area contributed by atoms with E-state index in [4.69, 9.17) is 5.90 Å². The van der Waals surface area contributed by atoms with Crippen LogP contribution in [-0.2, 0) is 19.5 Å². The zero-order valence-corrected chi connectivity index (χ0v) is 10.8. The summed E-state index contributed by atoms with van der Waals surface area (Å²) in [6.07, 6.45) is 4.91. The monoisotopic (exact) mass is 251 g/mol. The number of carbonyl (C=O) groups excluding carboxylic acids is 1. The second-order valence-corrected chi connectivity index (χ2v) is 6.28. The van der Waals surface area contributed by atoms with Crippen LogP contribution in [0.4, 0.5) is 0 Å². The Morgan fingerprint density at radius 3 is 2.38 bits per heavy atom. The molecule has 5 nitrogen and oxygen atoms in total. The van der Waals surface area contributed by atoms with Gasteiger partial charge in [-0.3, -0.25) is 4.79 Å². The molecule has 0 heterocycles. The molecule has 0 radical (unpaired) electrons. The average Bonchev–Trinajstić information content (AvgIpc) is 2.21. The molecule has 0 aromatic heterocycles. The molecule has 6 heteroatoms. The third kappa shape index (κ3) is 7.64. The summed E-state index contributed by atoms with van der Waals surface area (Å²) in [5, 5.41) is 0. The number of nitrogens with two attached hydrogens (primary N) is 1. The number of carbonyl (C=O) groups is 1. The van der Waals surface area contributed by atoms with Gasteiger partial charge in [-0.15, -0.1) is 0 Å². The molecule has 0 spiro atoms. The van der Waals surface area contributed by atoms with E-state index in [0.717, 1.165) is 12.8 Å². The summed E-state index contributed by atoms with van der Waals surface area (Å²) in [7, 11) is -2.86. The van der Waals surface area contributed by atoms with Crippen molar-refractivity contribution in [2.24, 2.45) is 11.8 Å². The van der Waals surface area contributed by atoms with Gasteiger partial charge in [0.2, 0.25) is 0 Å². The zero-order chi connectivity index (χ0) is 12.6. The molecule has 96 valence electrons. The van der Waals surface area contributed by atoms with Crippen molar-refractivity contribution < 1.29 is 18.0 Å². The Balaban J connectivity index is 3.68. The molecule has 0 aromatic rings. The van der Waals surface area contributed by atoms with Crippen molar-refractivity contribution in [3.63, 3.8) is 0 Å². The minimum absolute atomic E-state index is 0.164. The normalized spacial score (nSPS) is 13.4. The molecule has 16 heavy (non-hydrogen) atoms. The highest BCUT2D eigenvalue weighted by Gasteiger charge is 2.16. The zero-order valence-electron chi connectivity index (χ0n) is 9.94. The van der Waals surface area contributed by atoms with Gasteiger partial charge in [-0.1, -0.05) is 19.8 Å². The van der Waals surface area contributed by atoms with E-state index in [2.05, 4.69) is 4.84 Å². The van der Waals surface area contributed by atoms with E-state index in [0.29, 0.717) is 19.3 Å². The molecular weight excluding hydrogens is 230 g/mol. The van der Waals surface area contributed by atoms with Crippen LogP contribution in [0.1, 0.15) is 39.0 Å². The van der Waals surface area contributed by atoms with Crippen LogP contribution in [-0.4, -0.2) is 26.4 Å². The molecule has 0 rings (SSSR count). The number of sulfone groups is 1. The Morgan fingerprint density at radius 1 is 1.31 bits per heavy atom. The maximum atomic E-state index is 11.1. The molecule has 0 aromatic carbocycles. The van der Waals surface area contributed by atoms with Gasteiger partial charge in [-0.2, -0.15) is 5.90 Å². The molecule has 0 amide bonds. The summed E-state index contributed by atoms with van der Waals surface area (Å²) in [5.74, 6) is 4.47. The van der Waals surface area contributed by atoms with Crippen molar-refractivity contribution in [3.8, 4) is 0 Å². The summed E-state index contributed by atoms with van der Waals surface area (Å²) in [4.78, 5) is 15.3. The van der Waals surface area contributed by atoms with Crippen molar-refractivity contribution in [1.29, 1.82) is 0 Å². The first kappa shape index (κ1) is 15.4. The van der Waals surface area contributed by atoms with Crippen molar-refractivity contribution in [1.82, 2.24) is 0 Å². The average molecular weight is 251 g/mol. The van der Waals surface area contributed by atoms with Gasteiger partial charge in [0.15, 0.2) is 0 Å². The minimum Gasteiger partial charge on any atom is -0.373 e. The fourth-order valence-electron chi connectivity index (χ4n) is 1.52. The number of rotatable bonds is 8. The highest BCUT2D eigenvalue weighted by molar-refractivity contribution is 7.90. The SMILES string of the molecule is CCC(CCCCCS(C)(=O)=O)C(=O)ON. The van der Waals surface area contributed by atoms with E-state index in [1.807, 2.05) is 6.92 Å². The van der Waals surface area contributed by atoms with Gasteiger partial charge in [0.25, 0.3) is 0 Å². The van der Waals surface area contributed by atoms with Crippen LogP contribution in [0.3, 0.4) is 0 Å². The van der Waals surface area contributed by atoms with Crippen molar-refractivity contribution >= 4 is 15.8 Å². The standard InChI is InChI=1S/C10H21NO4S/c1-3-9(10(12)15-11)7-5-4-6-8-16(2,13)14/h9H,3-8,11H2,1-2H3. The third-order valence-corrected chi connectivity index (χ3v) is 3.54. The van der Waals surface area contributed by atoms with Crippen molar-refractivity contribution in [2.75, 3.05) is 12.0 Å². The molecule has 0 bridgehead atoms. The van der Waals surface area contributed by atoms with Crippen LogP contribution in [0.5, 0.6) is 0 Å². The number of unbranched alkanes of at least 4 members (excludes halogenated alkanes) is 2. The van der Waals surface area contributed by atoms with Crippen LogP contribution in [0.15, 0.2) is 0 Å². The summed E-state index contributed by atoms with van der Waals surface area (Å²) < 4.78 is 21.7. The molecule has 0 aliphatic rings. The Labute approximate surface area is 97.2 Å². The quantitative estimate of drug-likeness (QED) is 0.514. The first-order chi connectivity index (χ1) is 7.40. The molecular formula is C10H21NO4S. The smallest absolute Gasteiger partial charge is 0.327 e. The van der Waals surface area contributed by atoms with E-state index < -0.39 is 9.84 Å². The topological polar surface area (TPSA) is 86.5 Å². The first-order valence-electron chi connectivity index (χ1n) is 5.49. The van der Waals surface area contributed by atoms with Gasteiger partial charge in [0, 0.05) is 12.0 Å². The van der Waals surface area contributed by atoms with Crippen molar-refractivity contribution in [2.45, 2.75) is 39.0 Å². The Morgan fingerprint density at radius 2 is 1.94 bits per heavy atom. The maximum Gasteiger partial charge on any atom is 0.327 e. The highest BCUT2D eigenvalue weighted by Crippen LogP contribution is 2.14. The molecule has 0 saturated carbocycles. The summed E-state index contributed by atoms with van der Waals surface area (Å²) in [6, 6.07) is 0. The first-order valence-corrected chi connectivity index (χ1v) is 7.55. The van der Waals surface area contributed by atoms with Gasteiger partial charge in [-0.05, 0) is 19.3 Å². The van der Waals surface area contributed by atoms with E-state index >= 15 is 0 Å². The lowest BCUT2D eigenvalue weighted by atomic mass is 9.99. The summed E-state index contributed by atoms with van der Waals surface area (Å²) >= 11 is 0. The molecule has 2 N–H and O–H groups in total. The second kappa shape index (κ2) is 7.62. The van der Waals surface area contributed by atoms with Crippen LogP contribution in [0.25, 0.3) is 0 Å². The van der Waals surface area contributed by atoms with Crippen LogP contribution in [0.2, 0.25) is 0 Å². The lowest BCUT2D eigenvalue weighted by molar-refractivity contribution is -0.149. The van der Waals surface area contributed by atoms with Crippen LogP contribution in [0, 0.1) is 5.92 Å². The Kier molecular flexibility index (Phi) is 7.33. The molecule has 0 fully saturated rings. The summed E-state index contributed by atoms with van der Waals surface area (Å²) in [6.45, 7) is 1.90. The Hall–Kier alpha value is -0.620. The molecule has 0 aliphatic carbocycles. The predicted molar refractivity (Wildman–Crippen MR) is 62.2 cm³/mol. The number of hydrogen-bond acceptors (Lipinski definition) is 5. The molecule has 1 unspecified atom stereocenters. The Bertz CT molecular complexity index is 300. The fraction of sp³-hybridized carbons (Fsp3) is 0.900. The van der Waals surface area contributed by atoms with Crippen LogP contribution < -0.4 is 5.90 Å². The highest BCUT2D eigenvalue weighted by atomic mass is 32.2. The molecule has 0 saturated heterocycles. The number of hydrogen-bond donors (Lipinski definition) is 1. The van der Waals surface area contributed by atoms with E-state index in [9.17, 15) is 13.2 Å². The summed E-state index contributed by atoms with van der Waals surface area (Å²) in [5.41, 5.74) is 0. The van der Waals surface area contributed by atoms with Gasteiger partial charge in [0.05, 0.1) is 5.92 Å². The maximum absolute atomic E-state index is 11.1. The second-order valence-electron chi connectivity index (χ2n) is 4.02. The van der Waals surface area contributed by atoms with Gasteiger partial charge >= 0.3 is 5.97 Å². The van der Waals surface area contributed by atoms with Crippen LogP contribution >= 0.6 is 0 Å². The third-order valence-electron chi connectivity index (χ3n) is 2.51. The predicted octanol–water partition coefficient (Wildman–Crippen LogP) is 1.03. The molecule has 0 aliphatic heterocycles. The largest absolute Gasteiger partial charge is 0.373 e. The van der Waals surface area contributed by atoms with Gasteiger partial charge < -0.3 is 4.84 Å². The van der Waals surface area contributed by atoms with E-state index in [-0.39, 0.29) is 17.6 Å². The lowest BCUT2D eigenvalue weighted by Crippen LogP contribution is -2.20. The van der Waals surface area contributed by atoms with E-state index in [1.165, 1.54) is 6.26 Å². The minimum atomic E-state index is -2.86.